The number of amides is 4. The predicted octanol–water partition coefficient (Wildman–Crippen LogP) is 7.02. The predicted molar refractivity (Wildman–Crippen MR) is 200 cm³/mol. The van der Waals surface area contributed by atoms with Crippen LogP contribution in [-0.4, -0.2) is 34.5 Å². The number of hydrogen-bond donors (Lipinski definition) is 1. The van der Waals surface area contributed by atoms with Gasteiger partial charge in [0, 0.05) is 16.1 Å². The molecule has 6 atom stereocenters. The maximum absolute atomic E-state index is 15.3. The zero-order valence-electron chi connectivity index (χ0n) is 28.8. The SMILES string of the molecule is O=C(c1ccccc1)c1ccc(N2C(=O)C3CC=C4C(CC5C(=O)N(c6cccc(Cl)c6)C(=O)C5(c5ccccc5)C4c4ccc(CO)o4)C3C2=O)cc1. The zero-order chi connectivity index (χ0) is 37.3. The van der Waals surface area contributed by atoms with Gasteiger partial charge in [0.1, 0.15) is 23.5 Å². The summed E-state index contributed by atoms with van der Waals surface area (Å²) in [6.07, 6.45) is 2.32. The molecule has 9 rings (SSSR count). The second kappa shape index (κ2) is 12.9. The van der Waals surface area contributed by atoms with Crippen molar-refractivity contribution in [1.82, 2.24) is 0 Å². The van der Waals surface area contributed by atoms with Crippen LogP contribution in [0.25, 0.3) is 0 Å². The molecule has 2 saturated heterocycles. The average molecular weight is 737 g/mol. The molecule has 54 heavy (non-hydrogen) atoms. The molecule has 2 aliphatic heterocycles. The molecule has 0 radical (unpaired) electrons. The van der Waals surface area contributed by atoms with Crippen LogP contribution in [0.5, 0.6) is 0 Å². The van der Waals surface area contributed by atoms with Crippen molar-refractivity contribution >= 4 is 52.4 Å². The van der Waals surface area contributed by atoms with Gasteiger partial charge in [0.25, 0.3) is 0 Å². The van der Waals surface area contributed by atoms with Gasteiger partial charge in [-0.15, -0.1) is 0 Å². The molecule has 6 unspecified atom stereocenters. The number of carbonyl (C=O) groups is 5. The van der Waals surface area contributed by atoms with Gasteiger partial charge in [0.15, 0.2) is 5.78 Å². The van der Waals surface area contributed by atoms with Gasteiger partial charge >= 0.3 is 0 Å². The Bertz CT molecular complexity index is 2390. The highest BCUT2D eigenvalue weighted by molar-refractivity contribution is 6.32. The van der Waals surface area contributed by atoms with Crippen LogP contribution in [0.2, 0.25) is 5.02 Å². The Kier molecular flexibility index (Phi) is 8.10. The van der Waals surface area contributed by atoms with Crippen LogP contribution < -0.4 is 9.80 Å². The minimum absolute atomic E-state index is 0.130. The Labute approximate surface area is 315 Å². The quantitative estimate of drug-likeness (QED) is 0.108. The molecular formula is C44H33ClN2O7. The van der Waals surface area contributed by atoms with Crippen LogP contribution in [0.1, 0.15) is 51.8 Å². The highest BCUT2D eigenvalue weighted by Crippen LogP contribution is 2.64. The number of allylic oxidation sites excluding steroid dienone is 2. The summed E-state index contributed by atoms with van der Waals surface area (Å²) in [6.45, 7) is -0.374. The first-order valence-corrected chi connectivity index (χ1v) is 18.3. The van der Waals surface area contributed by atoms with Crippen molar-refractivity contribution in [3.8, 4) is 0 Å². The normalized spacial score (nSPS) is 26.0. The van der Waals surface area contributed by atoms with Gasteiger partial charge in [0.2, 0.25) is 23.6 Å². The molecule has 10 heteroatoms. The third kappa shape index (κ3) is 4.92. The average Bonchev–Trinajstić information content (AvgIpc) is 3.85. The molecule has 0 spiro atoms. The molecule has 4 aromatic carbocycles. The fraction of sp³-hybridized carbons (Fsp3) is 0.205. The molecule has 1 saturated carbocycles. The van der Waals surface area contributed by atoms with Crippen molar-refractivity contribution in [1.29, 1.82) is 0 Å². The van der Waals surface area contributed by atoms with E-state index >= 15 is 4.79 Å². The van der Waals surface area contributed by atoms with Gasteiger partial charge < -0.3 is 9.52 Å². The van der Waals surface area contributed by atoms with Gasteiger partial charge in [0.05, 0.1) is 35.0 Å². The number of anilines is 2. The Morgan fingerprint density at radius 3 is 2.13 bits per heavy atom. The molecule has 2 aliphatic carbocycles. The van der Waals surface area contributed by atoms with E-state index < -0.39 is 52.7 Å². The number of ketones is 1. The van der Waals surface area contributed by atoms with E-state index in [9.17, 15) is 24.3 Å². The van der Waals surface area contributed by atoms with Crippen LogP contribution in [0, 0.1) is 23.7 Å². The number of imide groups is 2. The highest BCUT2D eigenvalue weighted by atomic mass is 35.5. The lowest BCUT2D eigenvalue weighted by molar-refractivity contribution is -0.127. The zero-order valence-corrected chi connectivity index (χ0v) is 29.6. The number of carbonyl (C=O) groups excluding carboxylic acids is 5. The lowest BCUT2D eigenvalue weighted by atomic mass is 9.50. The molecule has 4 aliphatic rings. The van der Waals surface area contributed by atoms with Crippen LogP contribution in [0.4, 0.5) is 11.4 Å². The number of benzene rings is 4. The van der Waals surface area contributed by atoms with E-state index in [4.69, 9.17) is 16.0 Å². The van der Waals surface area contributed by atoms with E-state index in [1.807, 2.05) is 42.5 Å². The van der Waals surface area contributed by atoms with Gasteiger partial charge in [-0.3, -0.25) is 28.9 Å². The molecule has 3 heterocycles. The first-order valence-electron chi connectivity index (χ1n) is 17.9. The number of halogens is 1. The van der Waals surface area contributed by atoms with Crippen LogP contribution in [0.15, 0.2) is 137 Å². The summed E-state index contributed by atoms with van der Waals surface area (Å²) < 4.78 is 6.25. The summed E-state index contributed by atoms with van der Waals surface area (Å²) in [5.74, 6) is -5.01. The lowest BCUT2D eigenvalue weighted by Crippen LogP contribution is -2.53. The summed E-state index contributed by atoms with van der Waals surface area (Å²) in [7, 11) is 0. The second-order valence-electron chi connectivity index (χ2n) is 14.3. The van der Waals surface area contributed by atoms with Gasteiger partial charge in [-0.25, -0.2) is 4.90 Å². The number of nitrogens with zero attached hydrogens (tertiary/aromatic N) is 2. The smallest absolute Gasteiger partial charge is 0.246 e. The Morgan fingerprint density at radius 2 is 1.44 bits per heavy atom. The highest BCUT2D eigenvalue weighted by Gasteiger charge is 2.71. The number of furan rings is 1. The topological polar surface area (TPSA) is 125 Å². The molecule has 9 nitrogen and oxygen atoms in total. The van der Waals surface area contributed by atoms with Crippen LogP contribution >= 0.6 is 11.6 Å². The fourth-order valence-corrected chi connectivity index (χ4v) is 9.64. The third-order valence-corrected chi connectivity index (χ3v) is 11.9. The summed E-state index contributed by atoms with van der Waals surface area (Å²) in [5.41, 5.74) is 1.52. The maximum atomic E-state index is 15.3. The summed E-state index contributed by atoms with van der Waals surface area (Å²) >= 11 is 6.39. The van der Waals surface area contributed by atoms with Crippen LogP contribution in [0.3, 0.4) is 0 Å². The van der Waals surface area contributed by atoms with Crippen molar-refractivity contribution in [2.24, 2.45) is 23.7 Å². The molecule has 3 fully saturated rings. The molecule has 4 amide bonds. The number of rotatable bonds is 7. The largest absolute Gasteiger partial charge is 0.463 e. The van der Waals surface area contributed by atoms with Crippen molar-refractivity contribution in [3.05, 3.63) is 166 Å². The first kappa shape index (κ1) is 33.9. The van der Waals surface area contributed by atoms with E-state index in [0.29, 0.717) is 38.8 Å². The van der Waals surface area contributed by atoms with E-state index in [0.717, 1.165) is 5.57 Å². The number of fused-ring (bicyclic) bond motifs is 4. The fourth-order valence-electron chi connectivity index (χ4n) is 9.46. The molecule has 1 N–H and O–H groups in total. The third-order valence-electron chi connectivity index (χ3n) is 11.7. The van der Waals surface area contributed by atoms with E-state index in [2.05, 4.69) is 0 Å². The molecule has 5 aromatic rings. The van der Waals surface area contributed by atoms with E-state index in [1.165, 1.54) is 9.80 Å². The Balaban J connectivity index is 1.15. The maximum Gasteiger partial charge on any atom is 0.246 e. The minimum atomic E-state index is -1.48. The van der Waals surface area contributed by atoms with E-state index in [-0.39, 0.29) is 36.9 Å². The molecule has 268 valence electrons. The van der Waals surface area contributed by atoms with Crippen LogP contribution in [-0.2, 0) is 31.2 Å². The molecule has 0 bridgehead atoms. The summed E-state index contributed by atoms with van der Waals surface area (Å²) in [4.78, 5) is 74.4. The summed E-state index contributed by atoms with van der Waals surface area (Å²) in [6, 6.07) is 34.5. The number of hydrogen-bond acceptors (Lipinski definition) is 7. The summed E-state index contributed by atoms with van der Waals surface area (Å²) in [5, 5.41) is 10.4. The Hall–Kier alpha value is -5.90. The Morgan fingerprint density at radius 1 is 0.741 bits per heavy atom. The first-order chi connectivity index (χ1) is 26.2. The van der Waals surface area contributed by atoms with Crippen molar-refractivity contribution < 1.29 is 33.5 Å². The lowest BCUT2D eigenvalue weighted by Gasteiger charge is -2.49. The van der Waals surface area contributed by atoms with Crippen molar-refractivity contribution in [3.63, 3.8) is 0 Å². The van der Waals surface area contributed by atoms with E-state index in [1.54, 1.807) is 84.9 Å². The number of aliphatic hydroxyl groups is 1. The molecule has 1 aromatic heterocycles. The minimum Gasteiger partial charge on any atom is -0.463 e. The number of aliphatic hydroxyl groups excluding tert-OH is 1. The second-order valence-corrected chi connectivity index (χ2v) is 14.7. The molecular weight excluding hydrogens is 704 g/mol. The standard InChI is InChI=1S/C44H33ClN2O7/c45-28-12-7-13-30(22-28)47-41(51)35-23-34-32(38(36-21-18-31(24-48)54-36)44(35,43(47)53)27-10-5-2-6-11-27)19-20-33-37(34)42(52)46(40(33)50)29-16-14-26(15-17-29)39(49)25-8-3-1-4-9-25/h1-19,21-22,33-35,37-38,48H,20,23-24H2. The monoisotopic (exact) mass is 736 g/mol. The van der Waals surface area contributed by atoms with Crippen molar-refractivity contribution in [2.45, 2.75) is 30.8 Å². The van der Waals surface area contributed by atoms with Gasteiger partial charge in [-0.05, 0) is 78.9 Å². The van der Waals surface area contributed by atoms with Gasteiger partial charge in [-0.2, -0.15) is 0 Å². The van der Waals surface area contributed by atoms with Gasteiger partial charge in [-0.1, -0.05) is 90.0 Å². The van der Waals surface area contributed by atoms with Crippen molar-refractivity contribution in [2.75, 3.05) is 9.80 Å².